The molecule has 0 spiro atoms. The average Bonchev–Trinajstić information content (AvgIpc) is 4.17. The Labute approximate surface area is 418 Å². The first-order valence-electron chi connectivity index (χ1n) is 24.6. The van der Waals surface area contributed by atoms with Crippen molar-refractivity contribution in [3.63, 3.8) is 0 Å². The van der Waals surface area contributed by atoms with Gasteiger partial charge in [-0.3, -0.25) is 0 Å². The van der Waals surface area contributed by atoms with Crippen molar-refractivity contribution in [2.24, 2.45) is 0 Å². The topological polar surface area (TPSA) is 67.3 Å². The normalized spacial score (nSPS) is 11.9. The molecule has 0 atom stereocenters. The van der Waals surface area contributed by atoms with Crippen LogP contribution in [-0.4, -0.2) is 18.3 Å². The van der Waals surface area contributed by atoms with E-state index in [1.807, 2.05) is 0 Å². The summed E-state index contributed by atoms with van der Waals surface area (Å²) in [6.45, 7) is 2.09. The highest BCUT2D eigenvalue weighted by Crippen LogP contribution is 2.50. The minimum Gasteiger partial charge on any atom is -0.309 e. The molecule has 15 rings (SSSR count). The molecule has 6 heteroatoms. The monoisotopic (exact) mass is 928 g/mol. The standard InChI is InChI=1S/C67H40N6/c1-41-31-33-42(34-32-41)62-66(71-54-26-12-7-21-46(54)47-22-8-13-27-55(47)71)52(39-68)65(53(40-69)67(62)72-56-28-14-9-23-48(56)49-24-10-15-29-57(49)72)73-60-36-35-59-63(64(60)51-37-43-17-5-6-18-44(43)38-61(51)73)50-25-11-16-30-58(50)70(59)45-19-3-2-4-20-45/h2-38H,1H3. The van der Waals surface area contributed by atoms with E-state index >= 15 is 0 Å². The molecule has 11 aromatic carbocycles. The van der Waals surface area contributed by atoms with Gasteiger partial charge < -0.3 is 18.3 Å². The maximum Gasteiger partial charge on any atom is 0.104 e. The predicted molar refractivity (Wildman–Crippen MR) is 301 cm³/mol. The zero-order chi connectivity index (χ0) is 48.5. The van der Waals surface area contributed by atoms with Gasteiger partial charge in [-0.1, -0.05) is 163 Å². The molecule has 4 aromatic heterocycles. The van der Waals surface area contributed by atoms with Gasteiger partial charge in [0.15, 0.2) is 0 Å². The van der Waals surface area contributed by atoms with Gasteiger partial charge in [0.25, 0.3) is 0 Å². The summed E-state index contributed by atoms with van der Waals surface area (Å²) in [7, 11) is 0. The van der Waals surface area contributed by atoms with Crippen LogP contribution < -0.4 is 0 Å². The van der Waals surface area contributed by atoms with Gasteiger partial charge in [0, 0.05) is 54.3 Å². The zero-order valence-corrected chi connectivity index (χ0v) is 39.5. The number of hydrogen-bond acceptors (Lipinski definition) is 2. The lowest BCUT2D eigenvalue weighted by Crippen LogP contribution is -2.14. The number of aromatic nitrogens is 4. The van der Waals surface area contributed by atoms with Gasteiger partial charge in [-0.2, -0.15) is 10.5 Å². The first-order valence-corrected chi connectivity index (χ1v) is 24.6. The maximum atomic E-state index is 12.4. The van der Waals surface area contributed by atoms with Crippen LogP contribution in [-0.2, 0) is 0 Å². The highest BCUT2D eigenvalue weighted by Gasteiger charge is 2.33. The zero-order valence-electron chi connectivity index (χ0n) is 39.5. The summed E-state index contributed by atoms with van der Waals surface area (Å²) in [6.07, 6.45) is 0. The Morgan fingerprint density at radius 1 is 0.315 bits per heavy atom. The van der Waals surface area contributed by atoms with E-state index in [4.69, 9.17) is 0 Å². The third-order valence-electron chi connectivity index (χ3n) is 15.3. The second kappa shape index (κ2) is 15.4. The van der Waals surface area contributed by atoms with Crippen LogP contribution in [0.15, 0.2) is 224 Å². The maximum absolute atomic E-state index is 12.4. The molecule has 0 fully saturated rings. The van der Waals surface area contributed by atoms with Crippen LogP contribution in [0.4, 0.5) is 0 Å². The first-order chi connectivity index (χ1) is 36.1. The second-order valence-corrected chi connectivity index (χ2v) is 19.1. The number of rotatable bonds is 5. The van der Waals surface area contributed by atoms with Crippen molar-refractivity contribution in [3.8, 4) is 46.0 Å². The van der Waals surface area contributed by atoms with E-state index in [1.165, 1.54) is 0 Å². The van der Waals surface area contributed by atoms with Crippen LogP contribution in [0.25, 0.3) is 132 Å². The summed E-state index contributed by atoms with van der Waals surface area (Å²) in [6, 6.07) is 84.8. The number of nitrogens with zero attached hydrogens (tertiary/aromatic N) is 6. The SMILES string of the molecule is Cc1ccc(-c2c(-n3c4ccccc4c4ccccc43)c(C#N)c(-n3c4cc5ccccc5cc4c4c5c6ccccc6n(-c6ccccc6)c5ccc43)c(C#N)c2-n2c3ccccc3c3ccccc32)cc1. The van der Waals surface area contributed by atoms with Crippen molar-refractivity contribution in [1.29, 1.82) is 10.5 Å². The lowest BCUT2D eigenvalue weighted by Gasteiger charge is -2.26. The minimum atomic E-state index is 0.391. The van der Waals surface area contributed by atoms with E-state index in [9.17, 15) is 10.5 Å². The summed E-state index contributed by atoms with van der Waals surface area (Å²) >= 11 is 0. The fourth-order valence-electron chi connectivity index (χ4n) is 12.3. The number of aryl methyl sites for hydroxylation is 1. The quantitative estimate of drug-likeness (QED) is 0.173. The fourth-order valence-corrected chi connectivity index (χ4v) is 12.3. The third-order valence-corrected chi connectivity index (χ3v) is 15.3. The Morgan fingerprint density at radius 2 is 0.712 bits per heavy atom. The fraction of sp³-hybridized carbons (Fsp3) is 0.0149. The number of para-hydroxylation sites is 6. The van der Waals surface area contributed by atoms with Crippen LogP contribution in [0.3, 0.4) is 0 Å². The van der Waals surface area contributed by atoms with Crippen molar-refractivity contribution in [3.05, 3.63) is 241 Å². The van der Waals surface area contributed by atoms with Crippen molar-refractivity contribution in [2.75, 3.05) is 0 Å². The summed E-state index contributed by atoms with van der Waals surface area (Å²) < 4.78 is 9.17. The smallest absolute Gasteiger partial charge is 0.104 e. The molecular formula is C67H40N6. The molecule has 0 amide bonds. The van der Waals surface area contributed by atoms with Gasteiger partial charge in [0.05, 0.1) is 61.2 Å². The highest BCUT2D eigenvalue weighted by atomic mass is 15.1. The van der Waals surface area contributed by atoms with Crippen LogP contribution in [0.1, 0.15) is 16.7 Å². The van der Waals surface area contributed by atoms with E-state index in [-0.39, 0.29) is 0 Å². The average molecular weight is 929 g/mol. The van der Waals surface area contributed by atoms with Gasteiger partial charge in [-0.25, -0.2) is 0 Å². The summed E-state index contributed by atoms with van der Waals surface area (Å²) in [4.78, 5) is 0. The van der Waals surface area contributed by atoms with Crippen molar-refractivity contribution >= 4 is 98.0 Å². The Bertz CT molecular complexity index is 4670. The van der Waals surface area contributed by atoms with E-state index < -0.39 is 0 Å². The van der Waals surface area contributed by atoms with E-state index in [2.05, 4.69) is 262 Å². The Morgan fingerprint density at radius 3 is 1.22 bits per heavy atom. The molecule has 15 aromatic rings. The molecule has 0 radical (unpaired) electrons. The van der Waals surface area contributed by atoms with Crippen LogP contribution in [0.2, 0.25) is 0 Å². The van der Waals surface area contributed by atoms with Crippen LogP contribution in [0.5, 0.6) is 0 Å². The van der Waals surface area contributed by atoms with Crippen LogP contribution in [0, 0.1) is 29.6 Å². The predicted octanol–water partition coefficient (Wildman–Crippen LogP) is 16.9. The Hall–Kier alpha value is -10.1. The summed E-state index contributed by atoms with van der Waals surface area (Å²) in [5.41, 5.74) is 14.4. The lowest BCUT2D eigenvalue weighted by atomic mass is 9.91. The van der Waals surface area contributed by atoms with Crippen LogP contribution >= 0.6 is 0 Å². The molecule has 338 valence electrons. The largest absolute Gasteiger partial charge is 0.309 e. The molecule has 0 unspecified atom stereocenters. The molecule has 0 bridgehead atoms. The van der Waals surface area contributed by atoms with Gasteiger partial charge in [-0.05, 0) is 90.0 Å². The molecule has 6 nitrogen and oxygen atoms in total. The lowest BCUT2D eigenvalue weighted by molar-refractivity contribution is 1.08. The number of benzene rings is 11. The molecule has 0 aliphatic rings. The van der Waals surface area contributed by atoms with Crippen molar-refractivity contribution in [2.45, 2.75) is 6.92 Å². The highest BCUT2D eigenvalue weighted by molar-refractivity contribution is 6.30. The molecule has 0 aliphatic carbocycles. The molecule has 73 heavy (non-hydrogen) atoms. The third kappa shape index (κ3) is 5.61. The number of fused-ring (bicyclic) bond motifs is 14. The molecule has 0 saturated carbocycles. The Kier molecular flexibility index (Phi) is 8.61. The van der Waals surface area contributed by atoms with Gasteiger partial charge in [0.1, 0.15) is 23.3 Å². The molecule has 0 saturated heterocycles. The van der Waals surface area contributed by atoms with E-state index in [0.717, 1.165) is 120 Å². The Balaban J connectivity index is 1.24. The second-order valence-electron chi connectivity index (χ2n) is 19.1. The van der Waals surface area contributed by atoms with Crippen molar-refractivity contribution in [1.82, 2.24) is 18.3 Å². The summed E-state index contributed by atoms with van der Waals surface area (Å²) in [5, 5.41) is 35.6. The minimum absolute atomic E-state index is 0.391. The number of hydrogen-bond donors (Lipinski definition) is 0. The van der Waals surface area contributed by atoms with Gasteiger partial charge >= 0.3 is 0 Å². The number of nitriles is 2. The van der Waals surface area contributed by atoms with Gasteiger partial charge in [0.2, 0.25) is 0 Å². The molecule has 4 heterocycles. The summed E-state index contributed by atoms with van der Waals surface area (Å²) in [5.74, 6) is 0. The van der Waals surface area contributed by atoms with Crippen molar-refractivity contribution < 1.29 is 0 Å². The van der Waals surface area contributed by atoms with Gasteiger partial charge in [-0.15, -0.1) is 0 Å². The molecule has 0 aliphatic heterocycles. The molecular weight excluding hydrogens is 889 g/mol. The molecule has 0 N–H and O–H groups in total. The first kappa shape index (κ1) is 40.7. The van der Waals surface area contributed by atoms with E-state index in [0.29, 0.717) is 28.2 Å². The van der Waals surface area contributed by atoms with E-state index in [1.54, 1.807) is 0 Å².